The molecule has 1 heterocycles. The van der Waals surface area contributed by atoms with Gasteiger partial charge in [0.15, 0.2) is 5.82 Å². The van der Waals surface area contributed by atoms with Crippen molar-refractivity contribution >= 4 is 34.1 Å². The summed E-state index contributed by atoms with van der Waals surface area (Å²) in [5.74, 6) is 0.584. The van der Waals surface area contributed by atoms with Crippen LogP contribution in [0, 0.1) is 0 Å². The highest BCUT2D eigenvalue weighted by atomic mass is 35.5. The average molecular weight is 311 g/mol. The van der Waals surface area contributed by atoms with Crippen molar-refractivity contribution in [2.45, 2.75) is 0 Å². The lowest BCUT2D eigenvalue weighted by atomic mass is 10.2. The molecule has 96 valence electrons. The van der Waals surface area contributed by atoms with Gasteiger partial charge in [0.2, 0.25) is 0 Å². The first-order chi connectivity index (χ1) is 8.74. The van der Waals surface area contributed by atoms with Crippen LogP contribution in [0.2, 0.25) is 10.2 Å². The second-order valence-corrected chi connectivity index (χ2v) is 4.66. The monoisotopic (exact) mass is 309 g/mol. The molecule has 0 aliphatic carbocycles. The average Bonchev–Trinajstić information content (AvgIpc) is 2.39. The van der Waals surface area contributed by atoms with E-state index in [0.717, 1.165) is 16.5 Å². The van der Waals surface area contributed by atoms with Crippen LogP contribution in [0.4, 0.5) is 0 Å². The molecule has 0 amide bonds. The molecule has 2 nitrogen and oxygen atoms in total. The fourth-order valence-electron chi connectivity index (χ4n) is 1.79. The van der Waals surface area contributed by atoms with Gasteiger partial charge >= 0.3 is 0 Å². The van der Waals surface area contributed by atoms with Crippen molar-refractivity contribution in [3.8, 4) is 11.4 Å². The number of fused-ring (bicyclic) bond motifs is 1. The second-order valence-electron chi connectivity index (χ2n) is 3.87. The van der Waals surface area contributed by atoms with E-state index in [9.17, 15) is 0 Å². The third-order valence-corrected chi connectivity index (χ3v) is 3.16. The molecule has 2 aromatic carbocycles. The Morgan fingerprint density at radius 1 is 0.842 bits per heavy atom. The van der Waals surface area contributed by atoms with Crippen LogP contribution in [0.5, 0.6) is 0 Å². The van der Waals surface area contributed by atoms with E-state index in [1.165, 1.54) is 0 Å². The SMILES string of the molecule is Clc1cccc(-c2nc(Cl)c3ccccc3n2)c1.[Cl-]. The van der Waals surface area contributed by atoms with Crippen molar-refractivity contribution < 1.29 is 12.4 Å². The van der Waals surface area contributed by atoms with E-state index in [0.29, 0.717) is 16.0 Å². The Bertz CT molecular complexity index is 729. The lowest BCUT2D eigenvalue weighted by molar-refractivity contribution is -0.00000346. The van der Waals surface area contributed by atoms with E-state index in [2.05, 4.69) is 9.97 Å². The van der Waals surface area contributed by atoms with Crippen LogP contribution in [0.25, 0.3) is 22.3 Å². The molecule has 0 saturated carbocycles. The predicted octanol–water partition coefficient (Wildman–Crippen LogP) is 1.61. The molecule has 3 rings (SSSR count). The number of para-hydroxylation sites is 1. The molecule has 3 aromatic rings. The first-order valence-electron chi connectivity index (χ1n) is 5.42. The third-order valence-electron chi connectivity index (χ3n) is 2.64. The van der Waals surface area contributed by atoms with Gasteiger partial charge in [0.1, 0.15) is 5.15 Å². The van der Waals surface area contributed by atoms with Gasteiger partial charge < -0.3 is 12.4 Å². The summed E-state index contributed by atoms with van der Waals surface area (Å²) in [4.78, 5) is 8.80. The molecule has 19 heavy (non-hydrogen) atoms. The van der Waals surface area contributed by atoms with Crippen LogP contribution in [0.3, 0.4) is 0 Å². The van der Waals surface area contributed by atoms with Gasteiger partial charge in [0, 0.05) is 16.0 Å². The van der Waals surface area contributed by atoms with E-state index in [1.54, 1.807) is 0 Å². The number of halogens is 3. The molecule has 0 bridgehead atoms. The van der Waals surface area contributed by atoms with Gasteiger partial charge in [-0.05, 0) is 24.3 Å². The van der Waals surface area contributed by atoms with Crippen LogP contribution < -0.4 is 12.4 Å². The topological polar surface area (TPSA) is 25.8 Å². The summed E-state index contributed by atoms with van der Waals surface area (Å²) in [7, 11) is 0. The maximum Gasteiger partial charge on any atom is 0.161 e. The molecule has 0 spiro atoms. The lowest BCUT2D eigenvalue weighted by Gasteiger charge is -2.04. The van der Waals surface area contributed by atoms with Gasteiger partial charge in [-0.25, -0.2) is 9.97 Å². The fourth-order valence-corrected chi connectivity index (χ4v) is 2.22. The van der Waals surface area contributed by atoms with Crippen molar-refractivity contribution in [1.29, 1.82) is 0 Å². The molecule has 0 saturated heterocycles. The summed E-state index contributed by atoms with van der Waals surface area (Å²) < 4.78 is 0. The standard InChI is InChI=1S/C14H8Cl2N2.ClH/c15-10-5-3-4-9(8-10)14-17-12-7-2-1-6-11(12)13(16)18-14;/h1-8H;1H/p-1. The Balaban J connectivity index is 0.00000133. The molecule has 0 aliphatic rings. The first-order valence-corrected chi connectivity index (χ1v) is 6.18. The minimum Gasteiger partial charge on any atom is -1.00 e. The number of nitrogens with zero attached hydrogens (tertiary/aromatic N) is 2. The van der Waals surface area contributed by atoms with Crippen molar-refractivity contribution in [1.82, 2.24) is 9.97 Å². The minimum absolute atomic E-state index is 0. The highest BCUT2D eigenvalue weighted by Gasteiger charge is 2.07. The van der Waals surface area contributed by atoms with E-state index >= 15 is 0 Å². The summed E-state index contributed by atoms with van der Waals surface area (Å²) in [5, 5.41) is 1.96. The Kier molecular flexibility index (Phi) is 4.25. The van der Waals surface area contributed by atoms with Gasteiger partial charge in [-0.1, -0.05) is 47.5 Å². The normalized spacial score (nSPS) is 10.2. The second kappa shape index (κ2) is 5.74. The van der Waals surface area contributed by atoms with Crippen LogP contribution >= 0.6 is 23.2 Å². The Hall–Kier alpha value is -1.35. The molecule has 5 heteroatoms. The zero-order valence-corrected chi connectivity index (χ0v) is 11.9. The predicted molar refractivity (Wildman–Crippen MR) is 75.0 cm³/mol. The summed E-state index contributed by atoms with van der Waals surface area (Å²) in [5.41, 5.74) is 1.68. The van der Waals surface area contributed by atoms with Crippen LogP contribution in [0.15, 0.2) is 48.5 Å². The minimum atomic E-state index is 0. The van der Waals surface area contributed by atoms with Crippen LogP contribution in [-0.4, -0.2) is 9.97 Å². The molecule has 0 N–H and O–H groups in total. The Labute approximate surface area is 126 Å². The van der Waals surface area contributed by atoms with E-state index < -0.39 is 0 Å². The summed E-state index contributed by atoms with van der Waals surface area (Å²) in [6, 6.07) is 15.1. The van der Waals surface area contributed by atoms with Crippen molar-refractivity contribution in [3.63, 3.8) is 0 Å². The number of hydrogen-bond acceptors (Lipinski definition) is 2. The highest BCUT2D eigenvalue weighted by Crippen LogP contribution is 2.25. The molecule has 0 atom stereocenters. The van der Waals surface area contributed by atoms with Crippen molar-refractivity contribution in [2.24, 2.45) is 0 Å². The van der Waals surface area contributed by atoms with E-state index in [1.807, 2.05) is 48.5 Å². The van der Waals surface area contributed by atoms with Gasteiger partial charge in [0.25, 0.3) is 0 Å². The van der Waals surface area contributed by atoms with Crippen LogP contribution in [-0.2, 0) is 0 Å². The van der Waals surface area contributed by atoms with Gasteiger partial charge in [-0.2, -0.15) is 0 Å². The molecule has 0 fully saturated rings. The number of rotatable bonds is 1. The van der Waals surface area contributed by atoms with Crippen LogP contribution in [0.1, 0.15) is 0 Å². The molecule has 1 aromatic heterocycles. The zero-order chi connectivity index (χ0) is 12.5. The fraction of sp³-hybridized carbons (Fsp3) is 0. The Morgan fingerprint density at radius 2 is 1.63 bits per heavy atom. The first kappa shape index (κ1) is 14.1. The van der Waals surface area contributed by atoms with E-state index in [4.69, 9.17) is 23.2 Å². The molecular formula is C14H8Cl3N2-. The maximum atomic E-state index is 6.17. The van der Waals surface area contributed by atoms with Crippen molar-refractivity contribution in [2.75, 3.05) is 0 Å². The molecular weight excluding hydrogens is 303 g/mol. The highest BCUT2D eigenvalue weighted by molar-refractivity contribution is 6.34. The lowest BCUT2D eigenvalue weighted by Crippen LogP contribution is -3.00. The number of benzene rings is 2. The molecule has 0 unspecified atom stereocenters. The zero-order valence-electron chi connectivity index (χ0n) is 9.65. The van der Waals surface area contributed by atoms with Gasteiger partial charge in [0.05, 0.1) is 5.52 Å². The van der Waals surface area contributed by atoms with Gasteiger partial charge in [-0.3, -0.25) is 0 Å². The smallest absolute Gasteiger partial charge is 0.161 e. The molecule has 0 aliphatic heterocycles. The Morgan fingerprint density at radius 3 is 2.42 bits per heavy atom. The number of aromatic nitrogens is 2. The molecule has 0 radical (unpaired) electrons. The summed E-state index contributed by atoms with van der Waals surface area (Å²) in [6.07, 6.45) is 0. The summed E-state index contributed by atoms with van der Waals surface area (Å²) in [6.45, 7) is 0. The third kappa shape index (κ3) is 2.81. The quantitative estimate of drug-likeness (QED) is 0.638. The summed E-state index contributed by atoms with van der Waals surface area (Å²) >= 11 is 12.1. The number of hydrogen-bond donors (Lipinski definition) is 0. The largest absolute Gasteiger partial charge is 1.00 e. The van der Waals surface area contributed by atoms with Crippen molar-refractivity contribution in [3.05, 3.63) is 58.7 Å². The maximum absolute atomic E-state index is 6.17. The van der Waals surface area contributed by atoms with Gasteiger partial charge in [-0.15, -0.1) is 0 Å². The van der Waals surface area contributed by atoms with E-state index in [-0.39, 0.29) is 12.4 Å².